The third kappa shape index (κ3) is 4.55. The van der Waals surface area contributed by atoms with E-state index in [2.05, 4.69) is 10.3 Å². The van der Waals surface area contributed by atoms with Gasteiger partial charge in [0.25, 0.3) is 0 Å². The van der Waals surface area contributed by atoms with Gasteiger partial charge in [0.05, 0.1) is 12.4 Å². The van der Waals surface area contributed by atoms with Crippen molar-refractivity contribution in [2.45, 2.75) is 39.4 Å². The molecule has 0 radical (unpaired) electrons. The maximum Gasteiger partial charge on any atom is 0.318 e. The van der Waals surface area contributed by atoms with Gasteiger partial charge in [0.1, 0.15) is 5.82 Å². The monoisotopic (exact) mass is 318 g/mol. The van der Waals surface area contributed by atoms with E-state index < -0.39 is 0 Å². The van der Waals surface area contributed by atoms with Crippen LogP contribution in [-0.4, -0.2) is 33.1 Å². The Morgan fingerprint density at radius 1 is 1.35 bits per heavy atom. The van der Waals surface area contributed by atoms with Gasteiger partial charge in [0, 0.05) is 31.5 Å². The largest absolute Gasteiger partial charge is 0.335 e. The zero-order valence-corrected chi connectivity index (χ0v) is 13.7. The molecule has 1 N–H and O–H groups in total. The van der Waals surface area contributed by atoms with Crippen LogP contribution in [0.25, 0.3) is 0 Å². The van der Waals surface area contributed by atoms with E-state index in [-0.39, 0.29) is 23.9 Å². The summed E-state index contributed by atoms with van der Waals surface area (Å²) >= 11 is 0. The fraction of sp³-hybridized carbons (Fsp3) is 0.412. The highest BCUT2D eigenvalue weighted by molar-refractivity contribution is 5.75. The molecule has 2 aromatic rings. The van der Waals surface area contributed by atoms with Crippen LogP contribution < -0.4 is 5.32 Å². The topological polar surface area (TPSA) is 50.2 Å². The van der Waals surface area contributed by atoms with E-state index in [1.165, 1.54) is 12.1 Å². The number of aromatic nitrogens is 2. The number of carbonyl (C=O) groups excluding carboxylic acids is 1. The number of rotatable bonds is 6. The van der Waals surface area contributed by atoms with Crippen molar-refractivity contribution in [2.24, 2.45) is 0 Å². The maximum absolute atomic E-state index is 13.0. The molecule has 0 saturated heterocycles. The standard InChI is InChI=1S/C17H23FN4O/c1-4-22(14(3)15-5-7-16(18)8-6-15)17(23)20-13(2)11-21-10-9-19-12-21/h5-10,12-14H,4,11H2,1-3H3,(H,20,23)/t13-,14-/m1/s1. The Hall–Kier alpha value is -2.37. The highest BCUT2D eigenvalue weighted by Crippen LogP contribution is 2.20. The predicted octanol–water partition coefficient (Wildman–Crippen LogP) is 3.20. The van der Waals surface area contributed by atoms with E-state index in [9.17, 15) is 9.18 Å². The summed E-state index contributed by atoms with van der Waals surface area (Å²) < 4.78 is 15.0. The van der Waals surface area contributed by atoms with Crippen molar-refractivity contribution in [2.75, 3.05) is 6.54 Å². The summed E-state index contributed by atoms with van der Waals surface area (Å²) in [5.41, 5.74) is 0.908. The van der Waals surface area contributed by atoms with E-state index >= 15 is 0 Å². The first-order valence-electron chi connectivity index (χ1n) is 7.79. The van der Waals surface area contributed by atoms with Gasteiger partial charge < -0.3 is 14.8 Å². The Balaban J connectivity index is 1.98. The lowest BCUT2D eigenvalue weighted by Gasteiger charge is -2.30. The summed E-state index contributed by atoms with van der Waals surface area (Å²) in [5, 5.41) is 3.00. The number of benzene rings is 1. The minimum atomic E-state index is -0.276. The molecule has 0 aliphatic rings. The van der Waals surface area contributed by atoms with E-state index in [4.69, 9.17) is 0 Å². The number of carbonyl (C=O) groups is 1. The predicted molar refractivity (Wildman–Crippen MR) is 87.4 cm³/mol. The number of urea groups is 1. The fourth-order valence-corrected chi connectivity index (χ4v) is 2.56. The third-order valence-electron chi connectivity index (χ3n) is 3.84. The van der Waals surface area contributed by atoms with Gasteiger partial charge >= 0.3 is 6.03 Å². The van der Waals surface area contributed by atoms with Crippen LogP contribution in [0.3, 0.4) is 0 Å². The number of amides is 2. The molecule has 0 saturated carbocycles. The van der Waals surface area contributed by atoms with Crippen molar-refractivity contribution in [3.8, 4) is 0 Å². The summed E-state index contributed by atoms with van der Waals surface area (Å²) in [7, 11) is 0. The van der Waals surface area contributed by atoms with Crippen LogP contribution in [0.2, 0.25) is 0 Å². The average Bonchev–Trinajstić information content (AvgIpc) is 3.01. The molecule has 2 rings (SSSR count). The van der Waals surface area contributed by atoms with Gasteiger partial charge in [0.15, 0.2) is 0 Å². The molecule has 1 aromatic heterocycles. The van der Waals surface area contributed by atoms with Gasteiger partial charge in [-0.15, -0.1) is 0 Å². The van der Waals surface area contributed by atoms with Crippen LogP contribution in [0.1, 0.15) is 32.4 Å². The summed E-state index contributed by atoms with van der Waals surface area (Å²) in [5.74, 6) is -0.276. The average molecular weight is 318 g/mol. The Kier molecular flexibility index (Phi) is 5.73. The van der Waals surface area contributed by atoms with Crippen molar-refractivity contribution < 1.29 is 9.18 Å². The molecule has 1 heterocycles. The second kappa shape index (κ2) is 7.76. The highest BCUT2D eigenvalue weighted by atomic mass is 19.1. The summed E-state index contributed by atoms with van der Waals surface area (Å²) in [6, 6.07) is 5.98. The molecule has 0 fully saturated rings. The SMILES string of the molecule is CCN(C(=O)N[C@H](C)Cn1ccnc1)[C@H](C)c1ccc(F)cc1. The summed E-state index contributed by atoms with van der Waals surface area (Å²) in [6.07, 6.45) is 5.30. The Bertz CT molecular complexity index is 612. The van der Waals surface area contributed by atoms with Gasteiger partial charge in [-0.2, -0.15) is 0 Å². The lowest BCUT2D eigenvalue weighted by atomic mass is 10.1. The number of hydrogen-bond donors (Lipinski definition) is 1. The maximum atomic E-state index is 13.0. The van der Waals surface area contributed by atoms with Crippen molar-refractivity contribution in [1.82, 2.24) is 19.8 Å². The van der Waals surface area contributed by atoms with E-state index in [1.807, 2.05) is 31.5 Å². The van der Waals surface area contributed by atoms with Crippen LogP contribution in [0.15, 0.2) is 43.0 Å². The molecule has 2 amide bonds. The van der Waals surface area contributed by atoms with Gasteiger partial charge in [-0.25, -0.2) is 14.2 Å². The number of hydrogen-bond acceptors (Lipinski definition) is 2. The van der Waals surface area contributed by atoms with Gasteiger partial charge in [0.2, 0.25) is 0 Å². The molecule has 5 nitrogen and oxygen atoms in total. The highest BCUT2D eigenvalue weighted by Gasteiger charge is 2.21. The first-order valence-corrected chi connectivity index (χ1v) is 7.79. The van der Waals surface area contributed by atoms with Crippen LogP contribution in [-0.2, 0) is 6.54 Å². The minimum Gasteiger partial charge on any atom is -0.335 e. The molecule has 0 aliphatic carbocycles. The molecular weight excluding hydrogens is 295 g/mol. The van der Waals surface area contributed by atoms with Gasteiger partial charge in [-0.3, -0.25) is 0 Å². The molecule has 6 heteroatoms. The third-order valence-corrected chi connectivity index (χ3v) is 3.84. The number of imidazole rings is 1. The zero-order valence-electron chi connectivity index (χ0n) is 13.7. The second-order valence-corrected chi connectivity index (χ2v) is 5.62. The van der Waals surface area contributed by atoms with Gasteiger partial charge in [-0.05, 0) is 38.5 Å². The first kappa shape index (κ1) is 17.0. The number of halogens is 1. The van der Waals surface area contributed by atoms with E-state index in [0.717, 1.165) is 5.56 Å². The van der Waals surface area contributed by atoms with Gasteiger partial charge in [-0.1, -0.05) is 12.1 Å². The normalized spacial score (nSPS) is 13.4. The Morgan fingerprint density at radius 3 is 2.61 bits per heavy atom. The molecule has 124 valence electrons. The number of nitrogens with zero attached hydrogens (tertiary/aromatic N) is 3. The number of nitrogens with one attached hydrogen (secondary N) is 1. The molecule has 0 bridgehead atoms. The van der Waals surface area contributed by atoms with Crippen LogP contribution in [0.4, 0.5) is 9.18 Å². The van der Waals surface area contributed by atoms with Crippen LogP contribution in [0, 0.1) is 5.82 Å². The quantitative estimate of drug-likeness (QED) is 0.889. The molecule has 2 atom stereocenters. The Morgan fingerprint density at radius 2 is 2.04 bits per heavy atom. The lowest BCUT2D eigenvalue weighted by Crippen LogP contribution is -2.46. The minimum absolute atomic E-state index is 0.0221. The van der Waals surface area contributed by atoms with Crippen molar-refractivity contribution in [3.05, 3.63) is 54.4 Å². The Labute approximate surface area is 136 Å². The van der Waals surface area contributed by atoms with Crippen molar-refractivity contribution in [1.29, 1.82) is 0 Å². The first-order chi connectivity index (χ1) is 11.0. The molecule has 1 aromatic carbocycles. The van der Waals surface area contributed by atoms with Crippen LogP contribution in [0.5, 0.6) is 0 Å². The smallest absolute Gasteiger partial charge is 0.318 e. The summed E-state index contributed by atoms with van der Waals surface area (Å²) in [4.78, 5) is 18.2. The molecule has 0 aliphatic heterocycles. The van der Waals surface area contributed by atoms with Crippen molar-refractivity contribution >= 4 is 6.03 Å². The van der Waals surface area contributed by atoms with E-state index in [1.54, 1.807) is 29.6 Å². The van der Waals surface area contributed by atoms with Crippen LogP contribution >= 0.6 is 0 Å². The summed E-state index contributed by atoms with van der Waals surface area (Å²) in [6.45, 7) is 7.06. The lowest BCUT2D eigenvalue weighted by molar-refractivity contribution is 0.178. The zero-order chi connectivity index (χ0) is 16.8. The second-order valence-electron chi connectivity index (χ2n) is 5.62. The fourth-order valence-electron chi connectivity index (χ4n) is 2.56. The molecular formula is C17H23FN4O. The van der Waals surface area contributed by atoms with Crippen molar-refractivity contribution in [3.63, 3.8) is 0 Å². The molecule has 0 spiro atoms. The molecule has 0 unspecified atom stereocenters. The van der Waals surface area contributed by atoms with E-state index in [0.29, 0.717) is 13.1 Å². The molecule has 23 heavy (non-hydrogen) atoms.